The third-order valence-electron chi connectivity index (χ3n) is 7.30. The Morgan fingerprint density at radius 3 is 2.18 bits per heavy atom. The maximum atomic E-state index is 13.5. The van der Waals surface area contributed by atoms with Crippen LogP contribution in [-0.2, 0) is 16.0 Å². The van der Waals surface area contributed by atoms with Crippen LogP contribution in [0.25, 0.3) is 0 Å². The fourth-order valence-corrected chi connectivity index (χ4v) is 5.71. The fourth-order valence-electron chi connectivity index (χ4n) is 5.71. The lowest BCUT2D eigenvalue weighted by atomic mass is 9.63. The summed E-state index contributed by atoms with van der Waals surface area (Å²) >= 11 is 0. The molecular formula is C27H29N3O3. The summed E-state index contributed by atoms with van der Waals surface area (Å²) in [6.07, 6.45) is 5.72. The lowest BCUT2D eigenvalue weighted by Crippen LogP contribution is -2.53. The molecule has 170 valence electrons. The van der Waals surface area contributed by atoms with E-state index in [1.807, 2.05) is 62.4 Å². The number of amides is 4. The highest BCUT2D eigenvalue weighted by Gasteiger charge is 2.58. The second-order valence-electron chi connectivity index (χ2n) is 9.51. The highest BCUT2D eigenvalue weighted by Crippen LogP contribution is 2.50. The lowest BCUT2D eigenvalue weighted by molar-refractivity contribution is -0.143. The minimum Gasteiger partial charge on any atom is -0.317 e. The zero-order valence-corrected chi connectivity index (χ0v) is 19.0. The quantitative estimate of drug-likeness (QED) is 0.537. The van der Waals surface area contributed by atoms with Gasteiger partial charge in [0.2, 0.25) is 11.8 Å². The van der Waals surface area contributed by atoms with E-state index in [0.29, 0.717) is 12.1 Å². The monoisotopic (exact) mass is 443 g/mol. The number of aryl methyl sites for hydroxylation is 2. The zero-order chi connectivity index (χ0) is 23.1. The van der Waals surface area contributed by atoms with Crippen LogP contribution < -0.4 is 10.6 Å². The number of fused-ring (bicyclic) bond motifs is 1. The SMILES string of the molecule is Cc1ccc(NC(=O)N[C@@H](Cc2ccccc2)N2C(=O)[C@@H]3[C@H](C2=O)[C@H]2C=C[C@H]3CC2)c(C)c1. The molecule has 6 heteroatoms. The molecule has 1 saturated heterocycles. The van der Waals surface area contributed by atoms with Gasteiger partial charge in [0, 0.05) is 12.1 Å². The van der Waals surface area contributed by atoms with Gasteiger partial charge in [-0.2, -0.15) is 0 Å². The van der Waals surface area contributed by atoms with Crippen molar-refractivity contribution in [2.24, 2.45) is 23.7 Å². The van der Waals surface area contributed by atoms with E-state index in [9.17, 15) is 14.4 Å². The molecule has 2 bridgehead atoms. The van der Waals surface area contributed by atoms with Crippen LogP contribution in [0.5, 0.6) is 0 Å². The van der Waals surface area contributed by atoms with Crippen molar-refractivity contribution in [3.8, 4) is 0 Å². The average Bonchev–Trinajstić information content (AvgIpc) is 3.09. The van der Waals surface area contributed by atoms with Crippen molar-refractivity contribution in [2.75, 3.05) is 5.32 Å². The minimum atomic E-state index is -0.747. The van der Waals surface area contributed by atoms with Crippen molar-refractivity contribution in [1.82, 2.24) is 10.2 Å². The Bertz CT molecular complexity index is 1090. The van der Waals surface area contributed by atoms with Crippen LogP contribution in [0, 0.1) is 37.5 Å². The summed E-state index contributed by atoms with van der Waals surface area (Å²) < 4.78 is 0. The number of hydrogen-bond acceptors (Lipinski definition) is 3. The Kier molecular flexibility index (Phi) is 5.52. The smallest absolute Gasteiger partial charge is 0.317 e. The van der Waals surface area contributed by atoms with Crippen LogP contribution in [0.15, 0.2) is 60.7 Å². The van der Waals surface area contributed by atoms with E-state index in [4.69, 9.17) is 0 Å². The molecule has 0 spiro atoms. The number of nitrogens with zero attached hydrogens (tertiary/aromatic N) is 1. The number of urea groups is 1. The molecular weight excluding hydrogens is 414 g/mol. The lowest BCUT2D eigenvalue weighted by Gasteiger charge is -2.38. The molecule has 0 unspecified atom stereocenters. The topological polar surface area (TPSA) is 78.5 Å². The van der Waals surface area contributed by atoms with Crippen molar-refractivity contribution < 1.29 is 14.4 Å². The van der Waals surface area contributed by atoms with Gasteiger partial charge in [-0.1, -0.05) is 60.2 Å². The molecule has 4 aliphatic rings. The second kappa shape index (κ2) is 8.50. The number of nitrogens with one attached hydrogen (secondary N) is 2. The van der Waals surface area contributed by atoms with Crippen molar-refractivity contribution >= 4 is 23.5 Å². The minimum absolute atomic E-state index is 0.114. The third kappa shape index (κ3) is 3.94. The highest BCUT2D eigenvalue weighted by molar-refractivity contribution is 6.06. The van der Waals surface area contributed by atoms with E-state index in [1.54, 1.807) is 0 Å². The first-order valence-electron chi connectivity index (χ1n) is 11.7. The van der Waals surface area contributed by atoms with E-state index in [2.05, 4.69) is 22.8 Å². The van der Waals surface area contributed by atoms with E-state index in [1.165, 1.54) is 4.90 Å². The zero-order valence-electron chi connectivity index (χ0n) is 19.0. The van der Waals surface area contributed by atoms with Gasteiger partial charge in [0.15, 0.2) is 0 Å². The standard InChI is InChI=1S/C27H29N3O3/c1-16-8-13-21(17(2)14-16)28-27(33)29-22(15-18-6-4-3-5-7-18)30-25(31)23-19-9-10-20(12-11-19)24(23)26(30)32/h3-10,13-14,19-20,22-24H,11-12,15H2,1-2H3,(H2,28,29,33)/t19-,20-,22+,23-,24+/m0/s1. The molecule has 3 aliphatic carbocycles. The second-order valence-corrected chi connectivity index (χ2v) is 9.51. The number of imide groups is 1. The van der Waals surface area contributed by atoms with Gasteiger partial charge in [0.05, 0.1) is 11.8 Å². The maximum absolute atomic E-state index is 13.5. The van der Waals surface area contributed by atoms with E-state index in [-0.39, 0.29) is 35.5 Å². The van der Waals surface area contributed by atoms with E-state index >= 15 is 0 Å². The number of carbonyl (C=O) groups excluding carboxylic acids is 3. The van der Waals surface area contributed by atoms with Gasteiger partial charge in [-0.05, 0) is 55.7 Å². The fraction of sp³-hybridized carbons (Fsp3) is 0.370. The van der Waals surface area contributed by atoms with Crippen LogP contribution in [0.2, 0.25) is 0 Å². The third-order valence-corrected chi connectivity index (χ3v) is 7.30. The van der Waals surface area contributed by atoms with Gasteiger partial charge in [0.1, 0.15) is 6.17 Å². The molecule has 2 aromatic rings. The van der Waals surface area contributed by atoms with Gasteiger partial charge in [0.25, 0.3) is 0 Å². The van der Waals surface area contributed by atoms with E-state index in [0.717, 1.165) is 29.5 Å². The Morgan fingerprint density at radius 2 is 1.61 bits per heavy atom. The molecule has 4 amide bonds. The number of benzene rings is 2. The molecule has 2 N–H and O–H groups in total. The molecule has 2 aromatic carbocycles. The molecule has 0 radical (unpaired) electrons. The molecule has 1 heterocycles. The Balaban J connectivity index is 1.41. The number of rotatable bonds is 5. The summed E-state index contributed by atoms with van der Waals surface area (Å²) in [4.78, 5) is 41.3. The predicted octanol–water partition coefficient (Wildman–Crippen LogP) is 4.19. The Labute approximate surface area is 194 Å². The van der Waals surface area contributed by atoms with E-state index < -0.39 is 12.2 Å². The van der Waals surface area contributed by atoms with Gasteiger partial charge in [-0.15, -0.1) is 0 Å². The van der Waals surface area contributed by atoms with Crippen molar-refractivity contribution in [3.63, 3.8) is 0 Å². The molecule has 33 heavy (non-hydrogen) atoms. The first kappa shape index (κ1) is 21.4. The van der Waals surface area contributed by atoms with Crippen LogP contribution in [0.1, 0.15) is 29.5 Å². The number of allylic oxidation sites excluding steroid dienone is 2. The molecule has 1 aliphatic heterocycles. The Hall–Kier alpha value is -3.41. The van der Waals surface area contributed by atoms with Crippen LogP contribution in [0.3, 0.4) is 0 Å². The molecule has 1 saturated carbocycles. The summed E-state index contributed by atoms with van der Waals surface area (Å²) in [6.45, 7) is 3.93. The van der Waals surface area contributed by atoms with Crippen LogP contribution >= 0.6 is 0 Å². The first-order valence-corrected chi connectivity index (χ1v) is 11.7. The number of carbonyl (C=O) groups is 3. The first-order chi connectivity index (χ1) is 15.9. The molecule has 0 aromatic heterocycles. The molecule has 5 atom stereocenters. The predicted molar refractivity (Wildman–Crippen MR) is 126 cm³/mol. The summed E-state index contributed by atoms with van der Waals surface area (Å²) in [5.41, 5.74) is 3.71. The van der Waals surface area contributed by atoms with Gasteiger partial charge in [-0.25, -0.2) is 4.79 Å². The number of likely N-dealkylation sites (tertiary alicyclic amines) is 1. The van der Waals surface area contributed by atoms with Crippen molar-refractivity contribution in [1.29, 1.82) is 0 Å². The summed E-state index contributed by atoms with van der Waals surface area (Å²) in [5, 5.41) is 5.82. The molecule has 2 fully saturated rings. The average molecular weight is 444 g/mol. The number of hydrogen-bond donors (Lipinski definition) is 2. The highest BCUT2D eigenvalue weighted by atomic mass is 16.2. The van der Waals surface area contributed by atoms with Crippen LogP contribution in [-0.4, -0.2) is 28.9 Å². The van der Waals surface area contributed by atoms with Gasteiger partial charge < -0.3 is 10.6 Å². The maximum Gasteiger partial charge on any atom is 0.320 e. The van der Waals surface area contributed by atoms with Crippen LogP contribution in [0.4, 0.5) is 10.5 Å². The molecule has 6 nitrogen and oxygen atoms in total. The Morgan fingerprint density at radius 1 is 0.970 bits per heavy atom. The van der Waals surface area contributed by atoms with Crippen molar-refractivity contribution in [2.45, 2.75) is 39.3 Å². The van der Waals surface area contributed by atoms with Crippen molar-refractivity contribution in [3.05, 3.63) is 77.4 Å². The summed E-state index contributed by atoms with van der Waals surface area (Å²) in [6, 6.07) is 15.0. The summed E-state index contributed by atoms with van der Waals surface area (Å²) in [5.74, 6) is -0.688. The summed E-state index contributed by atoms with van der Waals surface area (Å²) in [7, 11) is 0. The van der Waals surface area contributed by atoms with Gasteiger partial charge >= 0.3 is 6.03 Å². The largest absolute Gasteiger partial charge is 0.320 e. The van der Waals surface area contributed by atoms with Gasteiger partial charge in [-0.3, -0.25) is 14.5 Å². The number of anilines is 1. The normalized spacial score (nSPS) is 26.3. The molecule has 6 rings (SSSR count).